The molecule has 0 bridgehead atoms. The van der Waals surface area contributed by atoms with Gasteiger partial charge in [-0.05, 0) is 51.0 Å². The van der Waals surface area contributed by atoms with E-state index in [0.29, 0.717) is 25.0 Å². The molecule has 22 heavy (non-hydrogen) atoms. The van der Waals surface area contributed by atoms with E-state index in [1.54, 1.807) is 0 Å². The quantitative estimate of drug-likeness (QED) is 0.866. The molecule has 1 saturated carbocycles. The first kappa shape index (κ1) is 15.8. The van der Waals surface area contributed by atoms with Crippen molar-refractivity contribution in [3.63, 3.8) is 0 Å². The second-order valence-electron chi connectivity index (χ2n) is 7.25. The summed E-state index contributed by atoms with van der Waals surface area (Å²) in [5.41, 5.74) is 0. The number of carbonyl (C=O) groups is 2. The summed E-state index contributed by atoms with van der Waals surface area (Å²) in [6, 6.07) is 0.454. The second kappa shape index (κ2) is 6.99. The standard InChI is InChI=1S/C17H28N2O3/c20-16(12-18-9-3-7-14(11-18)17(21)22)19-10-4-6-13-5-1-2-8-15(13)19/h13-15H,1-12H2,(H,21,22). The van der Waals surface area contributed by atoms with Crippen LogP contribution in [0.3, 0.4) is 0 Å². The van der Waals surface area contributed by atoms with Gasteiger partial charge in [0.05, 0.1) is 12.5 Å². The fourth-order valence-electron chi connectivity index (χ4n) is 4.62. The molecular weight excluding hydrogens is 280 g/mol. The molecule has 3 fully saturated rings. The van der Waals surface area contributed by atoms with Crippen molar-refractivity contribution >= 4 is 11.9 Å². The van der Waals surface area contributed by atoms with Crippen LogP contribution in [0.15, 0.2) is 0 Å². The SMILES string of the molecule is O=C(O)C1CCCN(CC(=O)N2CCCC3CCCCC32)C1. The molecule has 0 aromatic carbocycles. The van der Waals surface area contributed by atoms with Crippen LogP contribution in [0, 0.1) is 11.8 Å². The van der Waals surface area contributed by atoms with E-state index in [9.17, 15) is 14.7 Å². The predicted octanol–water partition coefficient (Wildman–Crippen LogP) is 1.96. The Morgan fingerprint density at radius 1 is 0.955 bits per heavy atom. The zero-order chi connectivity index (χ0) is 15.5. The van der Waals surface area contributed by atoms with Crippen molar-refractivity contribution in [3.8, 4) is 0 Å². The topological polar surface area (TPSA) is 60.9 Å². The van der Waals surface area contributed by atoms with Crippen molar-refractivity contribution in [1.82, 2.24) is 9.80 Å². The fourth-order valence-corrected chi connectivity index (χ4v) is 4.62. The van der Waals surface area contributed by atoms with Crippen molar-refractivity contribution in [2.45, 2.75) is 57.4 Å². The van der Waals surface area contributed by atoms with Gasteiger partial charge in [-0.3, -0.25) is 14.5 Å². The second-order valence-corrected chi connectivity index (χ2v) is 7.25. The summed E-state index contributed by atoms with van der Waals surface area (Å²) in [4.78, 5) is 28.1. The van der Waals surface area contributed by atoms with Gasteiger partial charge in [-0.1, -0.05) is 12.8 Å². The molecule has 1 amide bonds. The maximum Gasteiger partial charge on any atom is 0.307 e. The molecule has 0 spiro atoms. The van der Waals surface area contributed by atoms with E-state index in [2.05, 4.69) is 9.80 Å². The summed E-state index contributed by atoms with van der Waals surface area (Å²) >= 11 is 0. The molecule has 0 radical (unpaired) electrons. The fraction of sp³-hybridized carbons (Fsp3) is 0.882. The van der Waals surface area contributed by atoms with Crippen LogP contribution in [0.1, 0.15) is 51.4 Å². The predicted molar refractivity (Wildman–Crippen MR) is 83.5 cm³/mol. The lowest BCUT2D eigenvalue weighted by Crippen LogP contribution is -2.53. The van der Waals surface area contributed by atoms with Gasteiger partial charge in [0, 0.05) is 19.1 Å². The number of likely N-dealkylation sites (tertiary alicyclic amines) is 2. The van der Waals surface area contributed by atoms with Crippen molar-refractivity contribution in [3.05, 3.63) is 0 Å². The third-order valence-corrected chi connectivity index (χ3v) is 5.78. The van der Waals surface area contributed by atoms with Crippen LogP contribution in [0.2, 0.25) is 0 Å². The molecule has 3 unspecified atom stereocenters. The highest BCUT2D eigenvalue weighted by atomic mass is 16.4. The van der Waals surface area contributed by atoms with E-state index in [-0.39, 0.29) is 11.8 Å². The number of carboxylic acid groups (broad SMARTS) is 1. The van der Waals surface area contributed by atoms with Crippen LogP contribution in [0.25, 0.3) is 0 Å². The van der Waals surface area contributed by atoms with Crippen molar-refractivity contribution < 1.29 is 14.7 Å². The molecule has 3 rings (SSSR count). The summed E-state index contributed by atoms with van der Waals surface area (Å²) in [5.74, 6) is -0.0880. The van der Waals surface area contributed by atoms with E-state index >= 15 is 0 Å². The van der Waals surface area contributed by atoms with Gasteiger partial charge in [0.1, 0.15) is 0 Å². The van der Waals surface area contributed by atoms with Crippen molar-refractivity contribution in [2.75, 3.05) is 26.2 Å². The molecule has 5 nitrogen and oxygen atoms in total. The molecule has 1 N–H and O–H groups in total. The van der Waals surface area contributed by atoms with Crippen LogP contribution in [0.4, 0.5) is 0 Å². The van der Waals surface area contributed by atoms with Crippen LogP contribution in [-0.2, 0) is 9.59 Å². The zero-order valence-corrected chi connectivity index (χ0v) is 13.4. The minimum atomic E-state index is -0.720. The van der Waals surface area contributed by atoms with Gasteiger partial charge in [0.2, 0.25) is 5.91 Å². The highest BCUT2D eigenvalue weighted by molar-refractivity contribution is 5.79. The average molecular weight is 308 g/mol. The maximum absolute atomic E-state index is 12.7. The number of hydrogen-bond donors (Lipinski definition) is 1. The van der Waals surface area contributed by atoms with Gasteiger partial charge < -0.3 is 10.0 Å². The average Bonchev–Trinajstić information content (AvgIpc) is 2.54. The Kier molecular flexibility index (Phi) is 5.01. The maximum atomic E-state index is 12.7. The third kappa shape index (κ3) is 3.45. The van der Waals surface area contributed by atoms with Crippen molar-refractivity contribution in [2.24, 2.45) is 11.8 Å². The van der Waals surface area contributed by atoms with Gasteiger partial charge in [-0.25, -0.2) is 0 Å². The molecule has 124 valence electrons. The highest BCUT2D eigenvalue weighted by Crippen LogP contribution is 2.35. The molecule has 5 heteroatoms. The molecule has 0 aromatic heterocycles. The monoisotopic (exact) mass is 308 g/mol. The minimum absolute atomic E-state index is 0.225. The Morgan fingerprint density at radius 3 is 2.50 bits per heavy atom. The van der Waals surface area contributed by atoms with Gasteiger partial charge in [-0.15, -0.1) is 0 Å². The van der Waals surface area contributed by atoms with Crippen molar-refractivity contribution in [1.29, 1.82) is 0 Å². The summed E-state index contributed by atoms with van der Waals surface area (Å²) < 4.78 is 0. The highest BCUT2D eigenvalue weighted by Gasteiger charge is 2.36. The molecule has 2 aliphatic heterocycles. The first-order valence-electron chi connectivity index (χ1n) is 8.90. The smallest absolute Gasteiger partial charge is 0.307 e. The van der Waals surface area contributed by atoms with Crippen LogP contribution in [-0.4, -0.2) is 59.0 Å². The molecule has 1 aliphatic carbocycles. The number of hydrogen-bond acceptors (Lipinski definition) is 3. The zero-order valence-electron chi connectivity index (χ0n) is 13.4. The number of aliphatic carboxylic acids is 1. The first-order valence-corrected chi connectivity index (χ1v) is 8.90. The molecule has 2 saturated heterocycles. The number of carbonyl (C=O) groups excluding carboxylic acids is 1. The normalized spacial score (nSPS) is 33.3. The Hall–Kier alpha value is -1.10. The molecule has 0 aromatic rings. The molecule has 2 heterocycles. The van der Waals surface area contributed by atoms with E-state index < -0.39 is 5.97 Å². The van der Waals surface area contributed by atoms with Gasteiger partial charge in [0.15, 0.2) is 0 Å². The number of rotatable bonds is 3. The van der Waals surface area contributed by atoms with Gasteiger partial charge in [0.25, 0.3) is 0 Å². The number of piperidine rings is 2. The van der Waals surface area contributed by atoms with E-state index in [1.165, 1.54) is 25.7 Å². The Balaban J connectivity index is 1.57. The lowest BCUT2D eigenvalue weighted by atomic mass is 9.78. The number of amides is 1. The molecule has 3 aliphatic rings. The number of fused-ring (bicyclic) bond motifs is 1. The van der Waals surface area contributed by atoms with Gasteiger partial charge >= 0.3 is 5.97 Å². The summed E-state index contributed by atoms with van der Waals surface area (Å²) in [7, 11) is 0. The Morgan fingerprint density at radius 2 is 1.68 bits per heavy atom. The Labute approximate surface area is 132 Å². The van der Waals surface area contributed by atoms with E-state index in [0.717, 1.165) is 38.8 Å². The van der Waals surface area contributed by atoms with E-state index in [1.807, 2.05) is 0 Å². The van der Waals surface area contributed by atoms with Gasteiger partial charge in [-0.2, -0.15) is 0 Å². The van der Waals surface area contributed by atoms with E-state index in [4.69, 9.17) is 0 Å². The summed E-state index contributed by atoms with van der Waals surface area (Å²) in [6.45, 7) is 2.70. The largest absolute Gasteiger partial charge is 0.481 e. The minimum Gasteiger partial charge on any atom is -0.481 e. The number of nitrogens with zero attached hydrogens (tertiary/aromatic N) is 2. The molecule has 3 atom stereocenters. The van der Waals surface area contributed by atoms with Crippen LogP contribution in [0.5, 0.6) is 0 Å². The van der Waals surface area contributed by atoms with Crippen LogP contribution >= 0.6 is 0 Å². The van der Waals surface area contributed by atoms with Crippen LogP contribution < -0.4 is 0 Å². The summed E-state index contributed by atoms with van der Waals surface area (Å²) in [6.07, 6.45) is 9.04. The number of carboxylic acids is 1. The Bertz CT molecular complexity index is 424. The first-order chi connectivity index (χ1) is 10.6. The molecular formula is C17H28N2O3. The lowest BCUT2D eigenvalue weighted by Gasteiger charge is -2.45. The summed E-state index contributed by atoms with van der Waals surface area (Å²) in [5, 5.41) is 9.17. The lowest BCUT2D eigenvalue weighted by molar-refractivity contribution is -0.146. The third-order valence-electron chi connectivity index (χ3n) is 5.78.